The van der Waals surface area contributed by atoms with Crippen LogP contribution in [0.4, 0.5) is 5.69 Å². The maximum atomic E-state index is 9.55. The first kappa shape index (κ1) is 16.7. The van der Waals surface area contributed by atoms with Gasteiger partial charge in [-0.05, 0) is 41.5 Å². The average molecular weight is 379 g/mol. The minimum absolute atomic E-state index is 0.175. The highest BCUT2D eigenvalue weighted by atomic mass is 15.1. The molecule has 0 saturated heterocycles. The summed E-state index contributed by atoms with van der Waals surface area (Å²) in [7, 11) is 0. The summed E-state index contributed by atoms with van der Waals surface area (Å²) in [4.78, 5) is 2.14. The van der Waals surface area contributed by atoms with Crippen LogP contribution in [0.1, 0.15) is 16.7 Å². The summed E-state index contributed by atoms with van der Waals surface area (Å²) < 4.78 is 0. The topological polar surface area (TPSA) is 50.8 Å². The van der Waals surface area contributed by atoms with Gasteiger partial charge in [-0.3, -0.25) is 0 Å². The summed E-state index contributed by atoms with van der Waals surface area (Å²) in [6, 6.07) is 18.9. The Bertz CT molecular complexity index is 1420. The van der Waals surface area contributed by atoms with Gasteiger partial charge < -0.3 is 4.90 Å². The smallest absolute Gasteiger partial charge is 0.235 e. The molecule has 0 N–H and O–H groups in total. The van der Waals surface area contributed by atoms with E-state index in [4.69, 9.17) is 0 Å². The van der Waals surface area contributed by atoms with Crippen molar-refractivity contribution >= 4 is 29.0 Å². The zero-order valence-electron chi connectivity index (χ0n) is 16.0. The van der Waals surface area contributed by atoms with Crippen molar-refractivity contribution in [3.63, 3.8) is 0 Å². The average Bonchev–Trinajstić information content (AvgIpc) is 2.82. The molecule has 0 radical (unpaired) electrons. The van der Waals surface area contributed by atoms with Crippen LogP contribution in [0, 0.1) is 22.7 Å². The lowest BCUT2D eigenvalue weighted by Gasteiger charge is -2.40. The molecule has 136 valence electrons. The van der Waals surface area contributed by atoms with Crippen molar-refractivity contribution < 1.29 is 0 Å². The summed E-state index contributed by atoms with van der Waals surface area (Å²) in [6.07, 6.45) is 12.1. The minimum Gasteiger partial charge on any atom is -0.316 e. The fourth-order valence-corrected chi connectivity index (χ4v) is 4.87. The Hall–Kier alpha value is -4.28. The van der Waals surface area contributed by atoms with E-state index < -0.39 is 0 Å². The van der Waals surface area contributed by atoms with Gasteiger partial charge in [0.25, 0.3) is 0 Å². The highest BCUT2D eigenvalue weighted by Crippen LogP contribution is 2.50. The maximum absolute atomic E-state index is 9.55. The molecule has 0 saturated carbocycles. The molecule has 0 spiro atoms. The SMILES string of the molecule is N#CC1=CC2=C3C(=C4C=CC=CB4c4ccccc43)c3cc(C#N)ccc3N2C=C1. The van der Waals surface area contributed by atoms with Gasteiger partial charge in [0.1, 0.15) is 0 Å². The maximum Gasteiger partial charge on any atom is 0.235 e. The number of nitriles is 2. The molecule has 6 rings (SSSR count). The molecule has 2 aromatic rings. The largest absolute Gasteiger partial charge is 0.316 e. The minimum atomic E-state index is 0.175. The fraction of sp³-hybridized carbons (Fsp3) is 0. The number of fused-ring (bicyclic) bond motifs is 9. The Morgan fingerprint density at radius 3 is 2.63 bits per heavy atom. The highest BCUT2D eigenvalue weighted by molar-refractivity contribution is 6.87. The van der Waals surface area contributed by atoms with Crippen molar-refractivity contribution in [2.75, 3.05) is 4.90 Å². The molecule has 4 heterocycles. The molecule has 4 aliphatic heterocycles. The van der Waals surface area contributed by atoms with E-state index in [-0.39, 0.29) is 6.71 Å². The van der Waals surface area contributed by atoms with Crippen LogP contribution in [0.15, 0.2) is 102 Å². The summed E-state index contributed by atoms with van der Waals surface area (Å²) in [5, 5.41) is 19.1. The Labute approximate surface area is 175 Å². The number of benzene rings is 2. The molecule has 4 aliphatic rings. The number of anilines is 1. The van der Waals surface area contributed by atoms with Crippen LogP contribution < -0.4 is 10.4 Å². The molecule has 0 amide bonds. The third kappa shape index (κ3) is 2.14. The predicted octanol–water partition coefficient (Wildman–Crippen LogP) is 4.44. The predicted molar refractivity (Wildman–Crippen MR) is 120 cm³/mol. The molecule has 2 aromatic carbocycles. The summed E-state index contributed by atoms with van der Waals surface area (Å²) in [6.45, 7) is 0.175. The number of hydrogen-bond acceptors (Lipinski definition) is 3. The molecular weight excluding hydrogens is 365 g/mol. The van der Waals surface area contributed by atoms with Gasteiger partial charge in [-0.25, -0.2) is 0 Å². The number of nitrogens with zero attached hydrogens (tertiary/aromatic N) is 3. The number of allylic oxidation sites excluding steroid dienone is 9. The normalized spacial score (nSPS) is 17.3. The standard InChI is InChI=1S/C26H14BN3/c28-15-17-8-9-23-20(13-17)25-22-7-3-4-11-27(22)21-6-2-1-5-19(21)26(25)24-14-18(16-29)10-12-30(23)24/h1-14H. The van der Waals surface area contributed by atoms with Crippen LogP contribution in [-0.4, -0.2) is 6.71 Å². The van der Waals surface area contributed by atoms with Crippen LogP contribution in [0.2, 0.25) is 0 Å². The molecular formula is C26H14BN3. The molecule has 30 heavy (non-hydrogen) atoms. The van der Waals surface area contributed by atoms with E-state index >= 15 is 0 Å². The third-order valence-electron chi connectivity index (χ3n) is 6.12. The van der Waals surface area contributed by atoms with Crippen molar-refractivity contribution in [1.82, 2.24) is 0 Å². The second-order valence-electron chi connectivity index (χ2n) is 7.64. The summed E-state index contributed by atoms with van der Waals surface area (Å²) in [5.41, 5.74) is 10.3. The third-order valence-corrected chi connectivity index (χ3v) is 6.12. The molecule has 0 aromatic heterocycles. The van der Waals surface area contributed by atoms with Crippen molar-refractivity contribution in [2.45, 2.75) is 0 Å². The van der Waals surface area contributed by atoms with Gasteiger partial charge in [-0.15, -0.1) is 5.98 Å². The summed E-state index contributed by atoms with van der Waals surface area (Å²) in [5.74, 6) is 2.24. The molecule has 0 bridgehead atoms. The second-order valence-corrected chi connectivity index (χ2v) is 7.64. The van der Waals surface area contributed by atoms with Gasteiger partial charge in [0, 0.05) is 17.3 Å². The van der Waals surface area contributed by atoms with Crippen molar-refractivity contribution in [1.29, 1.82) is 10.5 Å². The quantitative estimate of drug-likeness (QED) is 0.636. The Kier molecular flexibility index (Phi) is 3.39. The molecule has 3 nitrogen and oxygen atoms in total. The van der Waals surface area contributed by atoms with Gasteiger partial charge in [-0.2, -0.15) is 10.5 Å². The molecule has 0 fully saturated rings. The van der Waals surface area contributed by atoms with Crippen molar-refractivity contribution in [3.05, 3.63) is 118 Å². The lowest BCUT2D eigenvalue weighted by atomic mass is 9.35. The molecule has 0 aliphatic carbocycles. The highest BCUT2D eigenvalue weighted by Gasteiger charge is 2.38. The molecule has 0 unspecified atom stereocenters. The van der Waals surface area contributed by atoms with E-state index in [1.54, 1.807) is 0 Å². The Balaban J connectivity index is 1.79. The van der Waals surface area contributed by atoms with Gasteiger partial charge in [0.05, 0.1) is 34.7 Å². The monoisotopic (exact) mass is 379 g/mol. The van der Waals surface area contributed by atoms with E-state index in [0.717, 1.165) is 28.1 Å². The van der Waals surface area contributed by atoms with Gasteiger partial charge >= 0.3 is 0 Å². The Morgan fingerprint density at radius 1 is 0.867 bits per heavy atom. The zero-order valence-corrected chi connectivity index (χ0v) is 16.0. The summed E-state index contributed by atoms with van der Waals surface area (Å²) >= 11 is 0. The van der Waals surface area contributed by atoms with Crippen LogP contribution in [0.3, 0.4) is 0 Å². The van der Waals surface area contributed by atoms with Crippen LogP contribution >= 0.6 is 0 Å². The van der Waals surface area contributed by atoms with Crippen molar-refractivity contribution in [2.24, 2.45) is 0 Å². The first-order valence-corrected chi connectivity index (χ1v) is 9.87. The molecule has 4 heteroatoms. The van der Waals surface area contributed by atoms with E-state index in [9.17, 15) is 10.5 Å². The first-order chi connectivity index (χ1) is 14.8. The zero-order chi connectivity index (χ0) is 20.2. The second kappa shape index (κ2) is 6.11. The van der Waals surface area contributed by atoms with Crippen LogP contribution in [0.5, 0.6) is 0 Å². The Morgan fingerprint density at radius 2 is 1.77 bits per heavy atom. The number of hydrogen-bond donors (Lipinski definition) is 0. The van der Waals surface area contributed by atoms with E-state index in [1.807, 2.05) is 36.6 Å². The van der Waals surface area contributed by atoms with Crippen LogP contribution in [-0.2, 0) is 0 Å². The fourth-order valence-electron chi connectivity index (χ4n) is 4.87. The van der Waals surface area contributed by atoms with E-state index in [0.29, 0.717) is 11.1 Å². The van der Waals surface area contributed by atoms with Crippen LogP contribution in [0.25, 0.3) is 11.1 Å². The van der Waals surface area contributed by atoms with Crippen molar-refractivity contribution in [3.8, 4) is 12.1 Å². The molecule has 0 atom stereocenters. The lowest BCUT2D eigenvalue weighted by Crippen LogP contribution is -2.40. The van der Waals surface area contributed by atoms with E-state index in [1.165, 1.54) is 16.5 Å². The van der Waals surface area contributed by atoms with Gasteiger partial charge in [-0.1, -0.05) is 53.4 Å². The van der Waals surface area contributed by atoms with Gasteiger partial charge in [0.2, 0.25) is 6.71 Å². The first-order valence-electron chi connectivity index (χ1n) is 9.87. The lowest BCUT2D eigenvalue weighted by molar-refractivity contribution is 1.16. The van der Waals surface area contributed by atoms with Gasteiger partial charge in [0.15, 0.2) is 0 Å². The number of rotatable bonds is 0. The van der Waals surface area contributed by atoms with E-state index in [2.05, 4.69) is 65.5 Å².